The van der Waals surface area contributed by atoms with E-state index in [2.05, 4.69) is 15.4 Å². The molecule has 0 aromatic heterocycles. The van der Waals surface area contributed by atoms with Crippen molar-refractivity contribution in [3.8, 4) is 5.75 Å². The SMILES string of the molecule is CCOC(=O)NC(C(=O)NCCc1ccc(OC(F)F)cc1)C(C)C. The predicted molar refractivity (Wildman–Crippen MR) is 88.6 cm³/mol. The lowest BCUT2D eigenvalue weighted by atomic mass is 10.0. The Morgan fingerprint density at radius 3 is 2.32 bits per heavy atom. The van der Waals surface area contributed by atoms with E-state index in [9.17, 15) is 18.4 Å². The molecule has 1 aromatic carbocycles. The molecule has 0 heterocycles. The Labute approximate surface area is 145 Å². The molecule has 0 fully saturated rings. The van der Waals surface area contributed by atoms with Crippen LogP contribution in [0.1, 0.15) is 26.3 Å². The minimum atomic E-state index is -2.86. The standard InChI is InChI=1S/C17H24F2N2O4/c1-4-24-17(23)21-14(11(2)3)15(22)20-10-9-12-5-7-13(8-6-12)25-16(18)19/h5-8,11,14,16H,4,9-10H2,1-3H3,(H,20,22)(H,21,23). The smallest absolute Gasteiger partial charge is 0.407 e. The molecule has 0 saturated heterocycles. The van der Waals surface area contributed by atoms with Gasteiger partial charge in [-0.2, -0.15) is 8.78 Å². The fourth-order valence-corrected chi connectivity index (χ4v) is 2.11. The van der Waals surface area contributed by atoms with E-state index >= 15 is 0 Å². The van der Waals surface area contributed by atoms with E-state index in [0.717, 1.165) is 5.56 Å². The summed E-state index contributed by atoms with van der Waals surface area (Å²) in [7, 11) is 0. The molecule has 6 nitrogen and oxygen atoms in total. The molecule has 1 rings (SSSR count). The molecule has 0 spiro atoms. The van der Waals surface area contributed by atoms with Crippen LogP contribution in [0.4, 0.5) is 13.6 Å². The number of alkyl carbamates (subject to hydrolysis) is 1. The number of benzene rings is 1. The maximum atomic E-state index is 12.2. The van der Waals surface area contributed by atoms with Crippen LogP contribution in [0.25, 0.3) is 0 Å². The Balaban J connectivity index is 2.47. The van der Waals surface area contributed by atoms with E-state index in [1.165, 1.54) is 12.1 Å². The maximum Gasteiger partial charge on any atom is 0.407 e. The largest absolute Gasteiger partial charge is 0.450 e. The Kier molecular flexibility index (Phi) is 8.66. The molecule has 2 N–H and O–H groups in total. The molecule has 0 aliphatic rings. The van der Waals surface area contributed by atoms with Crippen LogP contribution in [-0.4, -0.2) is 37.8 Å². The number of nitrogens with one attached hydrogen (secondary N) is 2. The van der Waals surface area contributed by atoms with Crippen LogP contribution in [0.3, 0.4) is 0 Å². The molecule has 1 unspecified atom stereocenters. The monoisotopic (exact) mass is 358 g/mol. The second kappa shape index (κ2) is 10.5. The number of rotatable bonds is 9. The molecule has 1 aromatic rings. The summed E-state index contributed by atoms with van der Waals surface area (Å²) in [6, 6.07) is 5.51. The highest BCUT2D eigenvalue weighted by Crippen LogP contribution is 2.15. The van der Waals surface area contributed by atoms with Crippen molar-refractivity contribution >= 4 is 12.0 Å². The molecular formula is C17H24F2N2O4. The van der Waals surface area contributed by atoms with Gasteiger partial charge in [0.05, 0.1) is 6.61 Å². The van der Waals surface area contributed by atoms with Gasteiger partial charge in [-0.1, -0.05) is 26.0 Å². The summed E-state index contributed by atoms with van der Waals surface area (Å²) in [5, 5.41) is 5.28. The fourth-order valence-electron chi connectivity index (χ4n) is 2.11. The van der Waals surface area contributed by atoms with Gasteiger partial charge in [-0.25, -0.2) is 4.79 Å². The van der Waals surface area contributed by atoms with E-state index in [0.29, 0.717) is 13.0 Å². The number of hydrogen-bond donors (Lipinski definition) is 2. The molecule has 140 valence electrons. The number of alkyl halides is 2. The van der Waals surface area contributed by atoms with Crippen LogP contribution in [-0.2, 0) is 16.0 Å². The first-order chi connectivity index (χ1) is 11.8. The van der Waals surface area contributed by atoms with Crippen LogP contribution in [0.5, 0.6) is 5.75 Å². The molecule has 25 heavy (non-hydrogen) atoms. The van der Waals surface area contributed by atoms with Gasteiger partial charge in [-0.3, -0.25) is 4.79 Å². The highest BCUT2D eigenvalue weighted by atomic mass is 19.3. The van der Waals surface area contributed by atoms with Gasteiger partial charge in [0.15, 0.2) is 0 Å². The van der Waals surface area contributed by atoms with Crippen molar-refractivity contribution in [1.82, 2.24) is 10.6 Å². The Bertz CT molecular complexity index is 550. The van der Waals surface area contributed by atoms with Gasteiger partial charge in [0.2, 0.25) is 5.91 Å². The first-order valence-electron chi connectivity index (χ1n) is 8.08. The van der Waals surface area contributed by atoms with Gasteiger partial charge in [0.1, 0.15) is 11.8 Å². The zero-order valence-corrected chi connectivity index (χ0v) is 14.6. The van der Waals surface area contributed by atoms with Crippen LogP contribution in [0, 0.1) is 5.92 Å². The minimum absolute atomic E-state index is 0.0845. The average Bonchev–Trinajstić information content (AvgIpc) is 2.53. The molecule has 0 saturated carbocycles. The molecule has 8 heteroatoms. The van der Waals surface area contributed by atoms with Gasteiger partial charge in [0.25, 0.3) is 0 Å². The molecule has 0 aliphatic heterocycles. The Hall–Kier alpha value is -2.38. The second-order valence-electron chi connectivity index (χ2n) is 5.65. The van der Waals surface area contributed by atoms with Crippen molar-refractivity contribution in [2.75, 3.05) is 13.2 Å². The number of amides is 2. The van der Waals surface area contributed by atoms with Crippen LogP contribution < -0.4 is 15.4 Å². The van der Waals surface area contributed by atoms with Gasteiger partial charge in [-0.15, -0.1) is 0 Å². The van der Waals surface area contributed by atoms with Crippen molar-refractivity contribution in [1.29, 1.82) is 0 Å². The molecule has 0 radical (unpaired) electrons. The summed E-state index contributed by atoms with van der Waals surface area (Å²) in [5.74, 6) is -0.322. The topological polar surface area (TPSA) is 76.7 Å². The zero-order chi connectivity index (χ0) is 18.8. The highest BCUT2D eigenvalue weighted by Gasteiger charge is 2.24. The third-order valence-electron chi connectivity index (χ3n) is 3.36. The van der Waals surface area contributed by atoms with Crippen LogP contribution >= 0.6 is 0 Å². The summed E-state index contributed by atoms with van der Waals surface area (Å²) in [6.07, 6.45) is -0.115. The number of hydrogen-bond acceptors (Lipinski definition) is 4. The molecule has 1 atom stereocenters. The van der Waals surface area contributed by atoms with Gasteiger partial charge in [0, 0.05) is 6.54 Å². The molecule has 0 aliphatic carbocycles. The van der Waals surface area contributed by atoms with E-state index in [4.69, 9.17) is 4.74 Å². The Morgan fingerprint density at radius 1 is 1.16 bits per heavy atom. The summed E-state index contributed by atoms with van der Waals surface area (Å²) < 4.78 is 33.2. The van der Waals surface area contributed by atoms with Gasteiger partial charge in [-0.05, 0) is 37.0 Å². The highest BCUT2D eigenvalue weighted by molar-refractivity contribution is 5.85. The lowest BCUT2D eigenvalue weighted by Gasteiger charge is -2.21. The van der Waals surface area contributed by atoms with E-state index < -0.39 is 18.7 Å². The summed E-state index contributed by atoms with van der Waals surface area (Å²) in [5.41, 5.74) is 0.862. The first-order valence-corrected chi connectivity index (χ1v) is 8.08. The van der Waals surface area contributed by atoms with Crippen molar-refractivity contribution in [2.45, 2.75) is 39.8 Å². The second-order valence-corrected chi connectivity index (χ2v) is 5.65. The van der Waals surface area contributed by atoms with Crippen LogP contribution in [0.2, 0.25) is 0 Å². The molecular weight excluding hydrogens is 334 g/mol. The third kappa shape index (κ3) is 7.82. The zero-order valence-electron chi connectivity index (χ0n) is 14.6. The number of halogens is 2. The molecule has 0 bridgehead atoms. The normalized spacial score (nSPS) is 12.0. The minimum Gasteiger partial charge on any atom is -0.450 e. The number of carbonyl (C=O) groups excluding carboxylic acids is 2. The van der Waals surface area contributed by atoms with Crippen molar-refractivity contribution < 1.29 is 27.8 Å². The number of carbonyl (C=O) groups is 2. The lowest BCUT2D eigenvalue weighted by Crippen LogP contribution is -2.50. The van der Waals surface area contributed by atoms with E-state index in [1.54, 1.807) is 19.1 Å². The first kappa shape index (κ1) is 20.7. The fraction of sp³-hybridized carbons (Fsp3) is 0.529. The van der Waals surface area contributed by atoms with Crippen molar-refractivity contribution in [3.05, 3.63) is 29.8 Å². The van der Waals surface area contributed by atoms with Gasteiger partial charge >= 0.3 is 12.7 Å². The van der Waals surface area contributed by atoms with Crippen molar-refractivity contribution in [3.63, 3.8) is 0 Å². The van der Waals surface area contributed by atoms with E-state index in [1.807, 2.05) is 13.8 Å². The lowest BCUT2D eigenvalue weighted by molar-refractivity contribution is -0.124. The maximum absolute atomic E-state index is 12.2. The van der Waals surface area contributed by atoms with E-state index in [-0.39, 0.29) is 24.2 Å². The van der Waals surface area contributed by atoms with Crippen LogP contribution in [0.15, 0.2) is 24.3 Å². The van der Waals surface area contributed by atoms with Crippen molar-refractivity contribution in [2.24, 2.45) is 5.92 Å². The summed E-state index contributed by atoms with van der Waals surface area (Å²) >= 11 is 0. The summed E-state index contributed by atoms with van der Waals surface area (Å²) in [4.78, 5) is 23.7. The average molecular weight is 358 g/mol. The summed E-state index contributed by atoms with van der Waals surface area (Å²) in [6.45, 7) is 3.04. The quantitative estimate of drug-likeness (QED) is 0.712. The van der Waals surface area contributed by atoms with Gasteiger partial charge < -0.3 is 20.1 Å². The number of ether oxygens (including phenoxy) is 2. The molecule has 2 amide bonds. The predicted octanol–water partition coefficient (Wildman–Crippen LogP) is 2.72. The Morgan fingerprint density at radius 2 is 1.80 bits per heavy atom. The third-order valence-corrected chi connectivity index (χ3v) is 3.36.